The van der Waals surface area contributed by atoms with Crippen LogP contribution in [-0.2, 0) is 6.54 Å². The van der Waals surface area contributed by atoms with E-state index in [9.17, 15) is 0 Å². The van der Waals surface area contributed by atoms with Crippen LogP contribution in [0.15, 0.2) is 18.2 Å². The standard InChI is InChI=1S/C12H14Cl2N2/c1-2-12(3-4-15)16-8-9-5-10(13)7-11(14)6-9/h5-7,12,16H,2-3,8H2,1H3. The second-order valence-electron chi connectivity index (χ2n) is 3.63. The molecule has 0 aliphatic heterocycles. The SMILES string of the molecule is CCC(CC#N)NCc1cc(Cl)cc(Cl)c1. The molecule has 0 heterocycles. The van der Waals surface area contributed by atoms with Gasteiger partial charge in [-0.25, -0.2) is 0 Å². The minimum absolute atomic E-state index is 0.225. The predicted molar refractivity (Wildman–Crippen MR) is 67.6 cm³/mol. The fourth-order valence-corrected chi connectivity index (χ4v) is 2.02. The van der Waals surface area contributed by atoms with Gasteiger partial charge in [-0.3, -0.25) is 0 Å². The largest absolute Gasteiger partial charge is 0.309 e. The maximum Gasteiger partial charge on any atom is 0.0638 e. The molecule has 0 aromatic heterocycles. The summed E-state index contributed by atoms with van der Waals surface area (Å²) in [7, 11) is 0. The number of nitriles is 1. The Balaban J connectivity index is 2.57. The number of hydrogen-bond donors (Lipinski definition) is 1. The Morgan fingerprint density at radius 1 is 1.31 bits per heavy atom. The lowest BCUT2D eigenvalue weighted by atomic mass is 10.1. The van der Waals surface area contributed by atoms with Gasteiger partial charge in [0.15, 0.2) is 0 Å². The molecular weight excluding hydrogens is 243 g/mol. The summed E-state index contributed by atoms with van der Waals surface area (Å²) in [5.41, 5.74) is 1.04. The van der Waals surface area contributed by atoms with Crippen LogP contribution in [-0.4, -0.2) is 6.04 Å². The van der Waals surface area contributed by atoms with E-state index in [4.69, 9.17) is 28.5 Å². The maximum absolute atomic E-state index is 8.62. The van der Waals surface area contributed by atoms with Crippen LogP contribution >= 0.6 is 23.2 Å². The molecule has 0 bridgehead atoms. The normalized spacial score (nSPS) is 12.1. The van der Waals surface area contributed by atoms with Crippen LogP contribution < -0.4 is 5.32 Å². The van der Waals surface area contributed by atoms with Crippen molar-refractivity contribution in [3.05, 3.63) is 33.8 Å². The zero-order valence-electron chi connectivity index (χ0n) is 9.13. The highest BCUT2D eigenvalue weighted by Crippen LogP contribution is 2.19. The Morgan fingerprint density at radius 2 is 1.94 bits per heavy atom. The van der Waals surface area contributed by atoms with Gasteiger partial charge in [-0.2, -0.15) is 5.26 Å². The molecule has 1 atom stereocenters. The Bertz CT molecular complexity index is 365. The summed E-state index contributed by atoms with van der Waals surface area (Å²) in [5, 5.41) is 13.2. The first kappa shape index (κ1) is 13.3. The predicted octanol–water partition coefficient (Wildman–Crippen LogP) is 3.78. The molecule has 0 radical (unpaired) electrons. The van der Waals surface area contributed by atoms with Gasteiger partial charge in [0.05, 0.1) is 12.5 Å². The Hall–Kier alpha value is -0.750. The third-order valence-corrected chi connectivity index (χ3v) is 2.78. The fourth-order valence-electron chi connectivity index (χ4n) is 1.45. The Kier molecular flexibility index (Phi) is 5.62. The van der Waals surface area contributed by atoms with Gasteiger partial charge in [-0.05, 0) is 30.2 Å². The van der Waals surface area contributed by atoms with E-state index in [1.807, 2.05) is 12.1 Å². The highest BCUT2D eigenvalue weighted by Gasteiger charge is 2.05. The molecule has 1 aromatic rings. The molecule has 0 spiro atoms. The summed E-state index contributed by atoms with van der Waals surface area (Å²) in [6.45, 7) is 2.74. The number of rotatable bonds is 5. The molecule has 16 heavy (non-hydrogen) atoms. The zero-order chi connectivity index (χ0) is 12.0. The molecule has 86 valence electrons. The van der Waals surface area contributed by atoms with E-state index in [0.29, 0.717) is 23.0 Å². The molecular formula is C12H14Cl2N2. The summed E-state index contributed by atoms with van der Waals surface area (Å²) < 4.78 is 0. The van der Waals surface area contributed by atoms with Crippen molar-refractivity contribution in [1.29, 1.82) is 5.26 Å². The van der Waals surface area contributed by atoms with Gasteiger partial charge in [0, 0.05) is 22.6 Å². The molecule has 4 heteroatoms. The van der Waals surface area contributed by atoms with E-state index < -0.39 is 0 Å². The first-order chi connectivity index (χ1) is 7.65. The molecule has 0 saturated heterocycles. The molecule has 0 fully saturated rings. The number of hydrogen-bond acceptors (Lipinski definition) is 2. The maximum atomic E-state index is 8.62. The molecule has 1 unspecified atom stereocenters. The van der Waals surface area contributed by atoms with Gasteiger partial charge in [0.1, 0.15) is 0 Å². The summed E-state index contributed by atoms with van der Waals surface area (Å²) in [5.74, 6) is 0. The van der Waals surface area contributed by atoms with Crippen LogP contribution in [0.5, 0.6) is 0 Å². The van der Waals surface area contributed by atoms with Crippen molar-refractivity contribution in [2.45, 2.75) is 32.4 Å². The van der Waals surface area contributed by atoms with Gasteiger partial charge >= 0.3 is 0 Å². The molecule has 1 N–H and O–H groups in total. The van der Waals surface area contributed by atoms with Crippen molar-refractivity contribution in [2.75, 3.05) is 0 Å². The second-order valence-corrected chi connectivity index (χ2v) is 4.50. The van der Waals surface area contributed by atoms with Crippen molar-refractivity contribution in [3.8, 4) is 6.07 Å². The molecule has 0 amide bonds. The lowest BCUT2D eigenvalue weighted by Gasteiger charge is -2.13. The molecule has 0 aliphatic carbocycles. The average Bonchev–Trinajstić information content (AvgIpc) is 2.23. The monoisotopic (exact) mass is 256 g/mol. The highest BCUT2D eigenvalue weighted by atomic mass is 35.5. The number of nitrogens with one attached hydrogen (secondary N) is 1. The summed E-state index contributed by atoms with van der Waals surface area (Å²) in [6.07, 6.45) is 1.45. The zero-order valence-corrected chi connectivity index (χ0v) is 10.6. The number of benzene rings is 1. The third kappa shape index (κ3) is 4.40. The lowest BCUT2D eigenvalue weighted by Crippen LogP contribution is -2.27. The average molecular weight is 257 g/mol. The summed E-state index contributed by atoms with van der Waals surface area (Å²) >= 11 is 11.8. The van der Waals surface area contributed by atoms with Gasteiger partial charge < -0.3 is 5.32 Å². The third-order valence-electron chi connectivity index (χ3n) is 2.35. The van der Waals surface area contributed by atoms with E-state index in [0.717, 1.165) is 12.0 Å². The van der Waals surface area contributed by atoms with Crippen LogP contribution in [0.3, 0.4) is 0 Å². The van der Waals surface area contributed by atoms with Crippen molar-refractivity contribution in [3.63, 3.8) is 0 Å². The minimum Gasteiger partial charge on any atom is -0.309 e. The van der Waals surface area contributed by atoms with Crippen LogP contribution in [0.2, 0.25) is 10.0 Å². The molecule has 0 aliphatic rings. The van der Waals surface area contributed by atoms with Gasteiger partial charge in [-0.15, -0.1) is 0 Å². The second kappa shape index (κ2) is 6.75. The molecule has 1 rings (SSSR count). The van der Waals surface area contributed by atoms with Crippen molar-refractivity contribution >= 4 is 23.2 Å². The smallest absolute Gasteiger partial charge is 0.0638 e. The lowest BCUT2D eigenvalue weighted by molar-refractivity contribution is 0.505. The van der Waals surface area contributed by atoms with Crippen LogP contribution in [0.1, 0.15) is 25.3 Å². The van der Waals surface area contributed by atoms with Crippen molar-refractivity contribution < 1.29 is 0 Å². The quantitative estimate of drug-likeness (QED) is 0.871. The van der Waals surface area contributed by atoms with Crippen LogP contribution in [0.25, 0.3) is 0 Å². The summed E-state index contributed by atoms with van der Waals surface area (Å²) in [6, 6.07) is 7.84. The topological polar surface area (TPSA) is 35.8 Å². The number of nitrogens with zero attached hydrogens (tertiary/aromatic N) is 1. The first-order valence-electron chi connectivity index (χ1n) is 5.21. The van der Waals surface area contributed by atoms with E-state index in [-0.39, 0.29) is 6.04 Å². The van der Waals surface area contributed by atoms with Gasteiger partial charge in [0.25, 0.3) is 0 Å². The van der Waals surface area contributed by atoms with E-state index in [1.54, 1.807) is 6.07 Å². The Morgan fingerprint density at radius 3 is 2.44 bits per heavy atom. The first-order valence-corrected chi connectivity index (χ1v) is 5.96. The van der Waals surface area contributed by atoms with Gasteiger partial charge in [0.2, 0.25) is 0 Å². The summed E-state index contributed by atoms with van der Waals surface area (Å²) in [4.78, 5) is 0. The van der Waals surface area contributed by atoms with Crippen molar-refractivity contribution in [1.82, 2.24) is 5.32 Å². The van der Waals surface area contributed by atoms with Gasteiger partial charge in [-0.1, -0.05) is 30.1 Å². The van der Waals surface area contributed by atoms with Crippen LogP contribution in [0, 0.1) is 11.3 Å². The van der Waals surface area contributed by atoms with E-state index >= 15 is 0 Å². The molecule has 0 saturated carbocycles. The fraction of sp³-hybridized carbons (Fsp3) is 0.417. The molecule has 1 aromatic carbocycles. The highest BCUT2D eigenvalue weighted by molar-refractivity contribution is 6.34. The van der Waals surface area contributed by atoms with E-state index in [2.05, 4.69) is 18.3 Å². The van der Waals surface area contributed by atoms with Crippen molar-refractivity contribution in [2.24, 2.45) is 0 Å². The number of halogens is 2. The Labute approximate surface area is 106 Å². The molecule has 2 nitrogen and oxygen atoms in total. The van der Waals surface area contributed by atoms with E-state index in [1.165, 1.54) is 0 Å². The van der Waals surface area contributed by atoms with Crippen LogP contribution in [0.4, 0.5) is 0 Å². The minimum atomic E-state index is 0.225.